The van der Waals surface area contributed by atoms with E-state index in [0.29, 0.717) is 25.2 Å². The molecule has 1 aliphatic rings. The summed E-state index contributed by atoms with van der Waals surface area (Å²) in [5, 5.41) is 0. The van der Waals surface area contributed by atoms with Gasteiger partial charge in [0.1, 0.15) is 18.2 Å². The number of halogens is 1. The highest BCUT2D eigenvalue weighted by Gasteiger charge is 2.18. The lowest BCUT2D eigenvalue weighted by atomic mass is 10.0. The summed E-state index contributed by atoms with van der Waals surface area (Å²) in [6, 6.07) is 11.2. The van der Waals surface area contributed by atoms with Crippen LogP contribution in [0.25, 0.3) is 0 Å². The summed E-state index contributed by atoms with van der Waals surface area (Å²) in [6.45, 7) is 3.42. The highest BCUT2D eigenvalue weighted by Crippen LogP contribution is 2.35. The van der Waals surface area contributed by atoms with E-state index in [1.165, 1.54) is 11.6 Å². The Labute approximate surface area is 159 Å². The molecule has 1 aliphatic heterocycles. The number of hydrogen-bond donors (Lipinski definition) is 0. The Morgan fingerprint density at radius 1 is 1.26 bits per heavy atom. The van der Waals surface area contributed by atoms with E-state index in [-0.39, 0.29) is 18.2 Å². The summed E-state index contributed by atoms with van der Waals surface area (Å²) in [4.78, 5) is 13.6. The number of nitrogens with zero attached hydrogens (tertiary/aromatic N) is 1. The highest BCUT2D eigenvalue weighted by atomic mass is 19.1. The maximum Gasteiger partial charge on any atom is 0.306 e. The van der Waals surface area contributed by atoms with Gasteiger partial charge in [0, 0.05) is 20.0 Å². The molecule has 5 heteroatoms. The smallest absolute Gasteiger partial charge is 0.306 e. The molecule has 27 heavy (non-hydrogen) atoms. The lowest BCUT2D eigenvalue weighted by Crippen LogP contribution is -2.25. The molecule has 0 saturated heterocycles. The van der Waals surface area contributed by atoms with Crippen molar-refractivity contribution in [3.05, 3.63) is 58.9 Å². The van der Waals surface area contributed by atoms with Crippen molar-refractivity contribution < 1.29 is 18.7 Å². The van der Waals surface area contributed by atoms with E-state index in [1.54, 1.807) is 13.0 Å². The second kappa shape index (κ2) is 8.89. The molecule has 0 saturated carbocycles. The quantitative estimate of drug-likeness (QED) is 0.681. The number of carbonyl (C=O) groups is 1. The molecule has 0 aromatic heterocycles. The Kier molecular flexibility index (Phi) is 6.32. The number of anilines is 1. The van der Waals surface area contributed by atoms with E-state index in [4.69, 9.17) is 9.47 Å². The minimum atomic E-state index is -0.312. The van der Waals surface area contributed by atoms with Crippen LogP contribution in [0.5, 0.6) is 5.75 Å². The van der Waals surface area contributed by atoms with Crippen molar-refractivity contribution in [1.82, 2.24) is 0 Å². The maximum atomic E-state index is 14.3. The summed E-state index contributed by atoms with van der Waals surface area (Å²) < 4.78 is 25.2. The summed E-state index contributed by atoms with van der Waals surface area (Å²) in [5.41, 5.74) is 3.71. The first kappa shape index (κ1) is 19.2. The van der Waals surface area contributed by atoms with Crippen molar-refractivity contribution in [2.75, 3.05) is 25.1 Å². The van der Waals surface area contributed by atoms with E-state index in [1.807, 2.05) is 18.2 Å². The molecular weight excluding hydrogens is 345 g/mol. The van der Waals surface area contributed by atoms with Crippen LogP contribution in [0.15, 0.2) is 36.4 Å². The zero-order valence-corrected chi connectivity index (χ0v) is 16.0. The van der Waals surface area contributed by atoms with Gasteiger partial charge in [0.25, 0.3) is 0 Å². The van der Waals surface area contributed by atoms with E-state index >= 15 is 0 Å². The molecule has 0 atom stereocenters. The van der Waals surface area contributed by atoms with Crippen LogP contribution in [0.1, 0.15) is 36.5 Å². The second-order valence-corrected chi connectivity index (χ2v) is 6.81. The van der Waals surface area contributed by atoms with Gasteiger partial charge in [-0.25, -0.2) is 4.39 Å². The number of aryl methyl sites for hydroxylation is 2. The number of rotatable bonds is 7. The summed E-state index contributed by atoms with van der Waals surface area (Å²) in [5.74, 6) is 0.219. The van der Waals surface area contributed by atoms with Gasteiger partial charge in [0.05, 0.1) is 12.3 Å². The Bertz CT molecular complexity index is 806. The predicted octanol–water partition coefficient (Wildman–Crippen LogP) is 4.28. The van der Waals surface area contributed by atoms with Gasteiger partial charge in [-0.1, -0.05) is 24.3 Å². The van der Waals surface area contributed by atoms with Crippen LogP contribution in [-0.2, 0) is 29.0 Å². The average Bonchev–Trinajstić information content (AvgIpc) is 2.66. The fraction of sp³-hybridized carbons (Fsp3) is 0.409. The van der Waals surface area contributed by atoms with Gasteiger partial charge in [-0.05, 0) is 55.0 Å². The number of benzene rings is 2. The Balaban J connectivity index is 1.64. The molecule has 2 aromatic carbocycles. The Morgan fingerprint density at radius 3 is 2.89 bits per heavy atom. The molecule has 144 valence electrons. The molecule has 0 fully saturated rings. The van der Waals surface area contributed by atoms with Crippen LogP contribution >= 0.6 is 0 Å². The Morgan fingerprint density at radius 2 is 2.11 bits per heavy atom. The van der Waals surface area contributed by atoms with Crippen LogP contribution in [-0.4, -0.2) is 26.2 Å². The first-order valence-corrected chi connectivity index (χ1v) is 9.47. The third-order valence-electron chi connectivity index (χ3n) is 4.82. The lowest BCUT2D eigenvalue weighted by Gasteiger charge is -2.29. The molecule has 0 N–H and O–H groups in total. The molecule has 3 rings (SSSR count). The number of esters is 1. The van der Waals surface area contributed by atoms with Gasteiger partial charge in [0.2, 0.25) is 0 Å². The Hall–Kier alpha value is -2.56. The number of hydrogen-bond acceptors (Lipinski definition) is 4. The lowest BCUT2D eigenvalue weighted by molar-refractivity contribution is -0.143. The zero-order chi connectivity index (χ0) is 19.2. The SMILES string of the molecule is CCOC(=O)CCc1ccc(COc2cccc3c2N(C)CCC3)cc1F. The largest absolute Gasteiger partial charge is 0.487 e. The van der Waals surface area contributed by atoms with Gasteiger partial charge in [0.15, 0.2) is 0 Å². The topological polar surface area (TPSA) is 38.8 Å². The number of ether oxygens (including phenoxy) is 2. The predicted molar refractivity (Wildman–Crippen MR) is 104 cm³/mol. The van der Waals surface area contributed by atoms with Crippen LogP contribution in [0, 0.1) is 5.82 Å². The summed E-state index contributed by atoms with van der Waals surface area (Å²) in [6.07, 6.45) is 2.72. The van der Waals surface area contributed by atoms with Crippen molar-refractivity contribution >= 4 is 11.7 Å². The molecular formula is C22H26FNO3. The van der Waals surface area contributed by atoms with Crippen molar-refractivity contribution in [2.45, 2.75) is 39.2 Å². The molecule has 4 nitrogen and oxygen atoms in total. The van der Waals surface area contributed by atoms with Gasteiger partial charge in [-0.3, -0.25) is 4.79 Å². The van der Waals surface area contributed by atoms with Gasteiger partial charge < -0.3 is 14.4 Å². The normalized spacial score (nSPS) is 13.2. The molecule has 0 unspecified atom stereocenters. The molecule has 0 spiro atoms. The standard InChI is InChI=1S/C22H26FNO3/c1-3-26-21(25)12-11-17-10-9-16(14-19(17)23)15-27-20-8-4-6-18-7-5-13-24(2)22(18)20/h4,6,8-10,14H,3,5,7,11-13,15H2,1-2H3. The van der Waals surface area contributed by atoms with E-state index in [2.05, 4.69) is 18.0 Å². The summed E-state index contributed by atoms with van der Waals surface area (Å²) >= 11 is 0. The second-order valence-electron chi connectivity index (χ2n) is 6.81. The first-order chi connectivity index (χ1) is 13.1. The van der Waals surface area contributed by atoms with Crippen molar-refractivity contribution in [3.8, 4) is 5.75 Å². The van der Waals surface area contributed by atoms with E-state index < -0.39 is 0 Å². The minimum absolute atomic E-state index is 0.184. The highest BCUT2D eigenvalue weighted by molar-refractivity contribution is 5.69. The van der Waals surface area contributed by atoms with Crippen LogP contribution in [0.2, 0.25) is 0 Å². The maximum absolute atomic E-state index is 14.3. The average molecular weight is 371 g/mol. The number of para-hydroxylation sites is 1. The van der Waals surface area contributed by atoms with Gasteiger partial charge in [-0.15, -0.1) is 0 Å². The van der Waals surface area contributed by atoms with Crippen molar-refractivity contribution in [2.24, 2.45) is 0 Å². The third-order valence-corrected chi connectivity index (χ3v) is 4.82. The van der Waals surface area contributed by atoms with Crippen LogP contribution < -0.4 is 9.64 Å². The van der Waals surface area contributed by atoms with E-state index in [9.17, 15) is 9.18 Å². The van der Waals surface area contributed by atoms with E-state index in [0.717, 1.165) is 36.4 Å². The fourth-order valence-corrected chi connectivity index (χ4v) is 3.45. The molecule has 1 heterocycles. The molecule has 0 radical (unpaired) electrons. The minimum Gasteiger partial charge on any atom is -0.487 e. The number of fused-ring (bicyclic) bond motifs is 1. The van der Waals surface area contributed by atoms with Crippen molar-refractivity contribution in [1.29, 1.82) is 0 Å². The number of carbonyl (C=O) groups excluding carboxylic acids is 1. The first-order valence-electron chi connectivity index (χ1n) is 9.47. The summed E-state index contributed by atoms with van der Waals surface area (Å²) in [7, 11) is 2.07. The van der Waals surface area contributed by atoms with Gasteiger partial charge >= 0.3 is 5.97 Å². The molecule has 2 aromatic rings. The third kappa shape index (κ3) is 4.79. The van der Waals surface area contributed by atoms with Crippen LogP contribution in [0.4, 0.5) is 10.1 Å². The zero-order valence-electron chi connectivity index (χ0n) is 16.0. The molecule has 0 amide bonds. The fourth-order valence-electron chi connectivity index (χ4n) is 3.45. The van der Waals surface area contributed by atoms with Gasteiger partial charge in [-0.2, -0.15) is 0 Å². The van der Waals surface area contributed by atoms with Crippen molar-refractivity contribution in [3.63, 3.8) is 0 Å². The molecule has 0 bridgehead atoms. The molecule has 0 aliphatic carbocycles. The van der Waals surface area contributed by atoms with Crippen LogP contribution in [0.3, 0.4) is 0 Å². The monoisotopic (exact) mass is 371 g/mol.